The fourth-order valence-corrected chi connectivity index (χ4v) is 9.09. The van der Waals surface area contributed by atoms with Crippen molar-refractivity contribution >= 4 is 89.4 Å². The van der Waals surface area contributed by atoms with Gasteiger partial charge in [-0.05, 0) is 60.7 Å². The number of carbonyl (C=O) groups excluding carboxylic acids is 2. The van der Waals surface area contributed by atoms with E-state index in [1.807, 2.05) is 30.3 Å². The first kappa shape index (κ1) is 30.9. The minimum Gasteiger partial charge on any atom is -0.335 e. The van der Waals surface area contributed by atoms with E-state index in [9.17, 15) is 22.6 Å². The van der Waals surface area contributed by atoms with Gasteiger partial charge in [-0.2, -0.15) is 13.0 Å². The van der Waals surface area contributed by atoms with E-state index >= 15 is 0 Å². The molecule has 0 aliphatic carbocycles. The lowest BCUT2D eigenvalue weighted by molar-refractivity contribution is -0.667. The Morgan fingerprint density at radius 1 is 0.848 bits per heavy atom. The lowest BCUT2D eigenvalue weighted by Gasteiger charge is -2.21. The van der Waals surface area contributed by atoms with Crippen LogP contribution in [-0.4, -0.2) is 48.5 Å². The largest absolute Gasteiger partial charge is 0.335 e. The fraction of sp³-hybridized carbons (Fsp3) is 0.206. The number of thioether (sulfide) groups is 1. The van der Waals surface area contributed by atoms with Crippen LogP contribution in [0.1, 0.15) is 45.0 Å². The Bertz CT molecular complexity index is 2140. The number of benzene rings is 4. The van der Waals surface area contributed by atoms with Crippen molar-refractivity contribution < 1.29 is 27.1 Å². The van der Waals surface area contributed by atoms with Gasteiger partial charge in [0.25, 0.3) is 26.9 Å². The van der Waals surface area contributed by atoms with Gasteiger partial charge < -0.3 is 4.90 Å². The second-order valence-electron chi connectivity index (χ2n) is 11.2. The van der Waals surface area contributed by atoms with Crippen LogP contribution in [0.2, 0.25) is 5.02 Å². The molecule has 0 radical (unpaired) electrons. The molecule has 7 rings (SSSR count). The molecular weight excluding hydrogens is 662 g/mol. The number of halogens is 1. The smallest absolute Gasteiger partial charge is 0.265 e. The number of imide groups is 1. The van der Waals surface area contributed by atoms with E-state index < -0.39 is 10.1 Å². The van der Waals surface area contributed by atoms with Crippen molar-refractivity contribution in [1.82, 2.24) is 4.90 Å². The maximum absolute atomic E-state index is 12.9. The van der Waals surface area contributed by atoms with Gasteiger partial charge in [0, 0.05) is 29.4 Å². The number of aromatic nitrogens is 1. The highest BCUT2D eigenvalue weighted by molar-refractivity contribution is 8.03. The van der Waals surface area contributed by atoms with E-state index in [1.54, 1.807) is 47.4 Å². The fourth-order valence-electron chi connectivity index (χ4n) is 6.11. The van der Waals surface area contributed by atoms with Crippen LogP contribution in [0.25, 0.3) is 27.1 Å². The molecule has 8 nitrogen and oxygen atoms in total. The molecule has 2 aliphatic heterocycles. The Kier molecular flexibility index (Phi) is 8.37. The van der Waals surface area contributed by atoms with E-state index in [1.165, 1.54) is 4.90 Å². The third kappa shape index (κ3) is 5.93. The zero-order chi connectivity index (χ0) is 32.0. The van der Waals surface area contributed by atoms with Gasteiger partial charge >= 0.3 is 0 Å². The maximum Gasteiger partial charge on any atom is 0.265 e. The number of amides is 2. The minimum atomic E-state index is -4.09. The number of nitrogens with zero attached hydrogens (tertiary/aromatic N) is 3. The van der Waals surface area contributed by atoms with Crippen molar-refractivity contribution in [2.75, 3.05) is 23.7 Å². The zero-order valence-corrected chi connectivity index (χ0v) is 27.8. The number of hydrogen-bond acceptors (Lipinski definition) is 7. The zero-order valence-electron chi connectivity index (χ0n) is 24.6. The van der Waals surface area contributed by atoms with Gasteiger partial charge in [0.15, 0.2) is 6.54 Å². The first-order chi connectivity index (χ1) is 22.2. The standard InChI is InChI=1S/C34H28ClN3O5S3/c35-23-13-15-28-27(20-23)36(16-5-6-17-38-33(39)25-10-3-4-11-26(25)34(38)40)30(44-28)21-31-37(18-7-19-46(41,42)43)32-24-9-2-1-8-22(24)12-14-29(32)45-31/h1-4,8-15,20-21H,5-7,16-19H2/p+1. The molecule has 2 amide bonds. The van der Waals surface area contributed by atoms with Gasteiger partial charge in [0.05, 0.1) is 39.1 Å². The molecule has 0 saturated carbocycles. The van der Waals surface area contributed by atoms with Crippen LogP contribution in [-0.2, 0) is 16.7 Å². The molecule has 1 aromatic heterocycles. The SMILES string of the molecule is O=C1c2ccccc2C(=O)N1CCCCN1C(=Cc2sc3ccc4ccccc4c3[n+]2CCCS(=O)(=O)O)Sc2ccc(Cl)cc21. The van der Waals surface area contributed by atoms with Gasteiger partial charge in [0.2, 0.25) is 5.52 Å². The summed E-state index contributed by atoms with van der Waals surface area (Å²) in [5, 5.41) is 4.75. The summed E-state index contributed by atoms with van der Waals surface area (Å²) in [6, 6.07) is 25.1. The Morgan fingerprint density at radius 2 is 1.54 bits per heavy atom. The first-order valence-electron chi connectivity index (χ1n) is 14.9. The molecule has 46 heavy (non-hydrogen) atoms. The molecule has 0 saturated heterocycles. The number of rotatable bonds is 10. The summed E-state index contributed by atoms with van der Waals surface area (Å²) in [6.07, 6.45) is 3.76. The van der Waals surface area contributed by atoms with Gasteiger partial charge in [-0.15, -0.1) is 0 Å². The average molecular weight is 691 g/mol. The van der Waals surface area contributed by atoms with Crippen LogP contribution in [0.5, 0.6) is 0 Å². The number of aryl methyl sites for hydroxylation is 1. The minimum absolute atomic E-state index is 0.245. The van der Waals surface area contributed by atoms with E-state index in [-0.39, 0.29) is 24.0 Å². The molecule has 0 bridgehead atoms. The van der Waals surface area contributed by atoms with Crippen molar-refractivity contribution in [3.05, 3.63) is 105 Å². The molecule has 3 heterocycles. The number of fused-ring (bicyclic) bond motifs is 5. The van der Waals surface area contributed by atoms with Crippen molar-refractivity contribution in [3.63, 3.8) is 0 Å². The normalized spacial score (nSPS) is 15.5. The highest BCUT2D eigenvalue weighted by Gasteiger charge is 2.35. The molecule has 12 heteroatoms. The molecule has 0 unspecified atom stereocenters. The first-order valence-corrected chi connectivity index (χ1v) is 18.5. The molecule has 0 spiro atoms. The van der Waals surface area contributed by atoms with Crippen LogP contribution in [0.3, 0.4) is 0 Å². The van der Waals surface area contributed by atoms with Crippen LogP contribution < -0.4 is 9.47 Å². The summed E-state index contributed by atoms with van der Waals surface area (Å²) in [7, 11) is -4.09. The number of thiazole rings is 1. The van der Waals surface area contributed by atoms with Gasteiger partial charge in [-0.3, -0.25) is 19.0 Å². The predicted molar refractivity (Wildman–Crippen MR) is 184 cm³/mol. The second kappa shape index (κ2) is 12.5. The van der Waals surface area contributed by atoms with Gasteiger partial charge in [-0.1, -0.05) is 71.1 Å². The lowest BCUT2D eigenvalue weighted by atomic mass is 10.1. The molecule has 234 valence electrons. The highest BCUT2D eigenvalue weighted by Crippen LogP contribution is 2.48. The van der Waals surface area contributed by atoms with Crippen LogP contribution in [0.4, 0.5) is 5.69 Å². The van der Waals surface area contributed by atoms with Gasteiger partial charge in [0.1, 0.15) is 4.70 Å². The van der Waals surface area contributed by atoms with Crippen molar-refractivity contribution in [2.24, 2.45) is 0 Å². The number of unbranched alkanes of at least 4 members (excludes halogenated alkanes) is 1. The number of carbonyl (C=O) groups is 2. The van der Waals surface area contributed by atoms with E-state index in [2.05, 4.69) is 39.8 Å². The van der Waals surface area contributed by atoms with Crippen LogP contribution >= 0.6 is 34.7 Å². The summed E-state index contributed by atoms with van der Waals surface area (Å²) in [6.45, 7) is 1.40. The lowest BCUT2D eigenvalue weighted by Crippen LogP contribution is -2.36. The molecule has 1 N–H and O–H groups in total. The Hall–Kier alpha value is -3.74. The Balaban J connectivity index is 1.18. The van der Waals surface area contributed by atoms with E-state index in [0.717, 1.165) is 48.0 Å². The Morgan fingerprint density at radius 3 is 2.28 bits per heavy atom. The molecule has 0 fully saturated rings. The topological polar surface area (TPSA) is 98.9 Å². The molecular formula is C34H29ClN3O5S3+. The second-order valence-corrected chi connectivity index (χ2v) is 15.4. The third-order valence-corrected chi connectivity index (χ3v) is 11.5. The van der Waals surface area contributed by atoms with E-state index in [0.29, 0.717) is 42.2 Å². The summed E-state index contributed by atoms with van der Waals surface area (Å²) in [5.41, 5.74) is 2.94. The Labute approximate surface area is 279 Å². The molecule has 2 aliphatic rings. The van der Waals surface area contributed by atoms with Gasteiger partial charge in [-0.25, -0.2) is 0 Å². The van der Waals surface area contributed by atoms with Crippen LogP contribution in [0, 0.1) is 0 Å². The summed E-state index contributed by atoms with van der Waals surface area (Å²) in [5.74, 6) is -0.812. The molecule has 5 aromatic rings. The van der Waals surface area contributed by atoms with Crippen molar-refractivity contribution in [2.45, 2.75) is 30.7 Å². The number of hydrogen-bond donors (Lipinski definition) is 1. The van der Waals surface area contributed by atoms with Crippen molar-refractivity contribution in [3.8, 4) is 0 Å². The summed E-state index contributed by atoms with van der Waals surface area (Å²) < 4.78 is 35.8. The maximum atomic E-state index is 12.9. The number of anilines is 1. The quantitative estimate of drug-likeness (QED) is 0.0713. The molecule has 0 atom stereocenters. The third-order valence-electron chi connectivity index (χ3n) is 8.23. The molecule has 4 aromatic carbocycles. The summed E-state index contributed by atoms with van der Waals surface area (Å²) >= 11 is 9.71. The predicted octanol–water partition coefficient (Wildman–Crippen LogP) is 7.26. The van der Waals surface area contributed by atoms with Crippen LogP contribution in [0.15, 0.2) is 88.8 Å². The monoisotopic (exact) mass is 690 g/mol. The highest BCUT2D eigenvalue weighted by atomic mass is 35.5. The van der Waals surface area contributed by atoms with E-state index in [4.69, 9.17) is 11.6 Å². The summed E-state index contributed by atoms with van der Waals surface area (Å²) in [4.78, 5) is 30.3. The average Bonchev–Trinajstić information content (AvgIpc) is 3.64. The van der Waals surface area contributed by atoms with Crippen molar-refractivity contribution in [1.29, 1.82) is 0 Å².